The number of hydrogen-bond donors (Lipinski definition) is 1. The predicted molar refractivity (Wildman–Crippen MR) is 104 cm³/mol. The quantitative estimate of drug-likeness (QED) is 0.509. The number of rotatable bonds is 8. The van der Waals surface area contributed by atoms with E-state index >= 15 is 0 Å². The summed E-state index contributed by atoms with van der Waals surface area (Å²) in [5.74, 6) is 0.444. The lowest BCUT2D eigenvalue weighted by atomic mass is 9.90. The monoisotopic (exact) mass is 411 g/mol. The van der Waals surface area contributed by atoms with Crippen LogP contribution in [0.4, 0.5) is 0 Å². The standard InChI is InChI=1S/C17H25N5O3S2/c1-5-7-22-15(13-6-8-27(24,25)10-13)20-21-16(22)26-9-14(23)19-17(4,11-18)12(2)3/h5,12-13H,1,6-10H2,2-4H3,(H,19,23)/t13-,17-/m0/s1. The van der Waals surface area contributed by atoms with E-state index < -0.39 is 15.4 Å². The third-order valence-corrected chi connectivity index (χ3v) is 7.51. The van der Waals surface area contributed by atoms with Crippen LogP contribution in [0.1, 0.15) is 38.9 Å². The highest BCUT2D eigenvalue weighted by atomic mass is 32.2. The van der Waals surface area contributed by atoms with Crippen LogP contribution in [-0.4, -0.2) is 51.9 Å². The van der Waals surface area contributed by atoms with Crippen molar-refractivity contribution in [2.45, 2.75) is 50.4 Å². The summed E-state index contributed by atoms with van der Waals surface area (Å²) in [6.07, 6.45) is 2.21. The first-order valence-electron chi connectivity index (χ1n) is 8.71. The van der Waals surface area contributed by atoms with E-state index in [9.17, 15) is 18.5 Å². The van der Waals surface area contributed by atoms with Crippen molar-refractivity contribution in [3.8, 4) is 6.07 Å². The molecule has 2 atom stereocenters. The molecule has 1 fully saturated rings. The summed E-state index contributed by atoms with van der Waals surface area (Å²) in [5.41, 5.74) is -0.935. The number of thioether (sulfide) groups is 1. The van der Waals surface area contributed by atoms with Gasteiger partial charge in [-0.25, -0.2) is 8.42 Å². The van der Waals surface area contributed by atoms with Crippen molar-refractivity contribution in [3.05, 3.63) is 18.5 Å². The lowest BCUT2D eigenvalue weighted by molar-refractivity contribution is -0.120. The van der Waals surface area contributed by atoms with E-state index in [2.05, 4.69) is 28.2 Å². The number of carbonyl (C=O) groups excluding carboxylic acids is 1. The zero-order valence-electron chi connectivity index (χ0n) is 15.8. The van der Waals surface area contributed by atoms with Crippen molar-refractivity contribution in [1.82, 2.24) is 20.1 Å². The van der Waals surface area contributed by atoms with Gasteiger partial charge >= 0.3 is 0 Å². The molecular weight excluding hydrogens is 386 g/mol. The average Bonchev–Trinajstić information content (AvgIpc) is 3.15. The molecule has 2 rings (SSSR count). The topological polar surface area (TPSA) is 118 Å². The van der Waals surface area contributed by atoms with Gasteiger partial charge in [-0.15, -0.1) is 16.8 Å². The van der Waals surface area contributed by atoms with Crippen LogP contribution < -0.4 is 5.32 Å². The van der Waals surface area contributed by atoms with Crippen LogP contribution in [0.5, 0.6) is 0 Å². The Morgan fingerprint density at radius 2 is 2.26 bits per heavy atom. The molecule has 148 valence electrons. The maximum Gasteiger partial charge on any atom is 0.231 e. The number of nitrogens with zero attached hydrogens (tertiary/aromatic N) is 4. The van der Waals surface area contributed by atoms with E-state index in [1.807, 2.05) is 18.4 Å². The second-order valence-electron chi connectivity index (χ2n) is 7.15. The highest BCUT2D eigenvalue weighted by molar-refractivity contribution is 7.99. The number of sulfone groups is 1. The summed E-state index contributed by atoms with van der Waals surface area (Å²) in [5, 5.41) is 20.9. The molecule has 0 bridgehead atoms. The maximum atomic E-state index is 12.3. The summed E-state index contributed by atoms with van der Waals surface area (Å²) < 4.78 is 25.3. The van der Waals surface area contributed by atoms with Gasteiger partial charge in [-0.1, -0.05) is 31.7 Å². The number of nitrogens with one attached hydrogen (secondary N) is 1. The first-order chi connectivity index (χ1) is 12.6. The molecular formula is C17H25N5O3S2. The molecule has 0 aliphatic carbocycles. The molecule has 8 nitrogen and oxygen atoms in total. The fourth-order valence-electron chi connectivity index (χ4n) is 2.77. The molecule has 1 aromatic rings. The summed E-state index contributed by atoms with van der Waals surface area (Å²) in [6.45, 7) is 9.61. The van der Waals surface area contributed by atoms with Crippen LogP contribution in [0.15, 0.2) is 17.8 Å². The summed E-state index contributed by atoms with van der Waals surface area (Å²) in [6, 6.07) is 2.14. The molecule has 0 radical (unpaired) electrons. The van der Waals surface area contributed by atoms with Crippen LogP contribution in [0, 0.1) is 17.2 Å². The first kappa shape index (κ1) is 21.4. The van der Waals surface area contributed by atoms with E-state index in [1.54, 1.807) is 13.0 Å². The number of carbonyl (C=O) groups is 1. The second kappa shape index (κ2) is 8.44. The van der Waals surface area contributed by atoms with Gasteiger partial charge in [0.05, 0.1) is 23.3 Å². The Labute approximate surface area is 164 Å². The van der Waals surface area contributed by atoms with Crippen LogP contribution >= 0.6 is 11.8 Å². The van der Waals surface area contributed by atoms with Gasteiger partial charge in [0.2, 0.25) is 5.91 Å². The molecule has 0 saturated carbocycles. The predicted octanol–water partition coefficient (Wildman–Crippen LogP) is 1.51. The number of aromatic nitrogens is 3. The Morgan fingerprint density at radius 1 is 1.56 bits per heavy atom. The smallest absolute Gasteiger partial charge is 0.231 e. The normalized spacial score (nSPS) is 20.8. The third-order valence-electron chi connectivity index (χ3n) is 4.77. The minimum atomic E-state index is -3.03. The molecule has 1 aliphatic heterocycles. The van der Waals surface area contributed by atoms with Crippen molar-refractivity contribution in [2.75, 3.05) is 17.3 Å². The molecule has 1 amide bonds. The van der Waals surface area contributed by atoms with E-state index in [1.165, 1.54) is 11.8 Å². The molecule has 1 aliphatic rings. The number of allylic oxidation sites excluding steroid dienone is 1. The molecule has 1 aromatic heterocycles. The lowest BCUT2D eigenvalue weighted by Gasteiger charge is -2.27. The van der Waals surface area contributed by atoms with Gasteiger partial charge in [-0.3, -0.25) is 4.79 Å². The van der Waals surface area contributed by atoms with E-state index in [0.717, 1.165) is 0 Å². The van der Waals surface area contributed by atoms with Crippen LogP contribution in [0.3, 0.4) is 0 Å². The van der Waals surface area contributed by atoms with Gasteiger partial charge in [0.25, 0.3) is 0 Å². The summed E-state index contributed by atoms with van der Waals surface area (Å²) in [4.78, 5) is 12.3. The fourth-order valence-corrected chi connectivity index (χ4v) is 5.26. The highest BCUT2D eigenvalue weighted by Crippen LogP contribution is 2.30. The maximum absolute atomic E-state index is 12.3. The summed E-state index contributed by atoms with van der Waals surface area (Å²) >= 11 is 1.21. The van der Waals surface area contributed by atoms with Crippen molar-refractivity contribution in [3.63, 3.8) is 0 Å². The average molecular weight is 412 g/mol. The molecule has 2 heterocycles. The molecule has 27 heavy (non-hydrogen) atoms. The van der Waals surface area contributed by atoms with E-state index in [0.29, 0.717) is 23.9 Å². The highest BCUT2D eigenvalue weighted by Gasteiger charge is 2.33. The second-order valence-corrected chi connectivity index (χ2v) is 10.3. The number of amides is 1. The van der Waals surface area contributed by atoms with Crippen molar-refractivity contribution in [1.29, 1.82) is 5.26 Å². The minimum Gasteiger partial charge on any atom is -0.337 e. The SMILES string of the molecule is C=CCn1c(SCC(=O)N[C@@](C)(C#N)C(C)C)nnc1[C@H]1CCS(=O)(=O)C1. The zero-order chi connectivity index (χ0) is 20.2. The van der Waals surface area contributed by atoms with Crippen molar-refractivity contribution >= 4 is 27.5 Å². The molecule has 0 unspecified atom stereocenters. The Morgan fingerprint density at radius 3 is 2.78 bits per heavy atom. The van der Waals surface area contributed by atoms with Gasteiger partial charge in [-0.2, -0.15) is 5.26 Å². The van der Waals surface area contributed by atoms with Gasteiger partial charge in [0, 0.05) is 12.5 Å². The molecule has 1 N–H and O–H groups in total. The zero-order valence-corrected chi connectivity index (χ0v) is 17.4. The molecule has 0 spiro atoms. The third kappa shape index (κ3) is 5.11. The molecule has 0 aromatic carbocycles. The first-order valence-corrected chi connectivity index (χ1v) is 11.5. The van der Waals surface area contributed by atoms with E-state index in [4.69, 9.17) is 0 Å². The Balaban J connectivity index is 2.10. The van der Waals surface area contributed by atoms with Crippen LogP contribution in [-0.2, 0) is 21.2 Å². The van der Waals surface area contributed by atoms with Crippen molar-refractivity contribution < 1.29 is 13.2 Å². The largest absolute Gasteiger partial charge is 0.337 e. The van der Waals surface area contributed by atoms with Gasteiger partial charge in [0.15, 0.2) is 15.0 Å². The Bertz CT molecular complexity index is 856. The van der Waals surface area contributed by atoms with Crippen LogP contribution in [0.2, 0.25) is 0 Å². The Kier molecular flexibility index (Phi) is 6.70. The lowest BCUT2D eigenvalue weighted by Crippen LogP contribution is -2.49. The van der Waals surface area contributed by atoms with Crippen LogP contribution in [0.25, 0.3) is 0 Å². The number of hydrogen-bond acceptors (Lipinski definition) is 7. The number of nitriles is 1. The van der Waals surface area contributed by atoms with Crippen molar-refractivity contribution in [2.24, 2.45) is 5.92 Å². The van der Waals surface area contributed by atoms with Gasteiger partial charge < -0.3 is 9.88 Å². The van der Waals surface area contributed by atoms with Gasteiger partial charge in [-0.05, 0) is 19.3 Å². The molecule has 10 heteroatoms. The Hall–Kier alpha value is -1.86. The van der Waals surface area contributed by atoms with E-state index in [-0.39, 0.29) is 35.0 Å². The minimum absolute atomic E-state index is 0.0308. The fraction of sp³-hybridized carbons (Fsp3) is 0.647. The van der Waals surface area contributed by atoms with Gasteiger partial charge in [0.1, 0.15) is 11.4 Å². The summed E-state index contributed by atoms with van der Waals surface area (Å²) in [7, 11) is -3.03. The molecule has 1 saturated heterocycles.